The Morgan fingerprint density at radius 3 is 2.62 bits per heavy atom. The molecule has 250 valence electrons. The third-order valence-corrected chi connectivity index (χ3v) is 11.2. The van der Waals surface area contributed by atoms with E-state index in [1.807, 2.05) is 24.4 Å². The van der Waals surface area contributed by atoms with E-state index in [0.717, 1.165) is 56.1 Å². The van der Waals surface area contributed by atoms with E-state index in [4.69, 9.17) is 10.5 Å². The molecule has 6 rings (SSSR count). The lowest BCUT2D eigenvalue weighted by Crippen LogP contribution is -2.36. The number of fused-ring (bicyclic) bond motifs is 1. The van der Waals surface area contributed by atoms with E-state index in [0.29, 0.717) is 36.9 Å². The van der Waals surface area contributed by atoms with Crippen LogP contribution in [0.25, 0.3) is 0 Å². The zero-order valence-electron chi connectivity index (χ0n) is 27.7. The van der Waals surface area contributed by atoms with Gasteiger partial charge in [0.05, 0.1) is 18.8 Å². The number of nitrogen functional groups attached to an aromatic ring is 1. The van der Waals surface area contributed by atoms with E-state index in [-0.39, 0.29) is 34.8 Å². The summed E-state index contributed by atoms with van der Waals surface area (Å²) in [7, 11) is 0. The maximum atomic E-state index is 11.5. The molecule has 2 heterocycles. The average Bonchev–Trinajstić information content (AvgIpc) is 3.76. The normalized spacial score (nSPS) is 28.0. The number of H-pyrrole nitrogens is 1. The zero-order chi connectivity index (χ0) is 32.8. The maximum absolute atomic E-state index is 11.5. The fraction of sp³-hybridized carbons (Fsp3) is 0.525. The number of nitrogens with two attached hydrogens (primary N) is 1. The van der Waals surface area contributed by atoms with Gasteiger partial charge in [-0.1, -0.05) is 62.7 Å². The number of aromatic nitrogens is 2. The number of anilines is 1. The largest absolute Gasteiger partial charge is 0.504 e. The predicted molar refractivity (Wildman–Crippen MR) is 186 cm³/mol. The summed E-state index contributed by atoms with van der Waals surface area (Å²) in [5, 5.41) is 33.5. The first kappa shape index (κ1) is 33.2. The number of aromatic amines is 1. The number of nitrogens with zero attached hydrogens (tertiary/aromatic N) is 1. The number of pyridine rings is 1. The molecule has 0 bridgehead atoms. The molecular weight excluding hydrogens is 586 g/mol. The van der Waals surface area contributed by atoms with Crippen LogP contribution in [-0.4, -0.2) is 44.1 Å². The summed E-state index contributed by atoms with van der Waals surface area (Å²) in [6, 6.07) is 13.8. The van der Waals surface area contributed by atoms with Crippen LogP contribution in [0.4, 0.5) is 5.82 Å². The van der Waals surface area contributed by atoms with Gasteiger partial charge in [-0.15, -0.1) is 0 Å². The number of phenolic OH excluding ortho intramolecular Hbond substituents is 1. The van der Waals surface area contributed by atoms with Crippen LogP contribution in [0.1, 0.15) is 106 Å². The van der Waals surface area contributed by atoms with Crippen LogP contribution in [0.3, 0.4) is 0 Å². The molecule has 47 heavy (non-hydrogen) atoms. The Balaban J connectivity index is 1.22. The van der Waals surface area contributed by atoms with Crippen molar-refractivity contribution in [2.45, 2.75) is 107 Å². The molecule has 0 saturated heterocycles. The smallest absolute Gasteiger partial charge is 0.161 e. The molecule has 0 spiro atoms. The molecule has 1 fully saturated rings. The molecule has 2 aromatic heterocycles. The van der Waals surface area contributed by atoms with Gasteiger partial charge in [-0.25, -0.2) is 4.98 Å². The van der Waals surface area contributed by atoms with Gasteiger partial charge >= 0.3 is 0 Å². The lowest BCUT2D eigenvalue weighted by atomic mass is 9.67. The van der Waals surface area contributed by atoms with Gasteiger partial charge in [0.1, 0.15) is 5.82 Å². The minimum atomic E-state index is -0.703. The molecule has 3 aromatic rings. The quantitative estimate of drug-likeness (QED) is 0.123. The maximum Gasteiger partial charge on any atom is 0.161 e. The van der Waals surface area contributed by atoms with Crippen molar-refractivity contribution in [1.82, 2.24) is 9.97 Å². The number of benzene rings is 1. The third-order valence-electron chi connectivity index (χ3n) is 11.2. The number of ether oxygens (including phenoxy) is 1. The van der Waals surface area contributed by atoms with Gasteiger partial charge in [-0.2, -0.15) is 0 Å². The van der Waals surface area contributed by atoms with Crippen molar-refractivity contribution < 1.29 is 20.1 Å². The molecule has 0 amide bonds. The van der Waals surface area contributed by atoms with E-state index < -0.39 is 12.2 Å². The van der Waals surface area contributed by atoms with E-state index >= 15 is 0 Å². The van der Waals surface area contributed by atoms with Crippen molar-refractivity contribution in [2.75, 3.05) is 12.3 Å². The summed E-state index contributed by atoms with van der Waals surface area (Å²) < 4.78 is 6.37. The molecular formula is C40H51N3O4. The Kier molecular flexibility index (Phi) is 10.6. The fourth-order valence-electron chi connectivity index (χ4n) is 8.59. The van der Waals surface area contributed by atoms with Gasteiger partial charge in [0, 0.05) is 47.2 Å². The molecule has 1 saturated carbocycles. The van der Waals surface area contributed by atoms with E-state index in [1.165, 1.54) is 18.5 Å². The minimum Gasteiger partial charge on any atom is -0.504 e. The van der Waals surface area contributed by atoms with Gasteiger partial charge in [-0.3, -0.25) is 0 Å². The fourth-order valence-corrected chi connectivity index (χ4v) is 8.59. The van der Waals surface area contributed by atoms with E-state index in [1.54, 1.807) is 12.3 Å². The molecule has 0 aliphatic heterocycles. The van der Waals surface area contributed by atoms with E-state index in [2.05, 4.69) is 59.1 Å². The van der Waals surface area contributed by atoms with Crippen molar-refractivity contribution >= 4 is 5.82 Å². The first-order valence-electron chi connectivity index (χ1n) is 17.7. The van der Waals surface area contributed by atoms with Gasteiger partial charge in [0.2, 0.25) is 0 Å². The van der Waals surface area contributed by atoms with Crippen LogP contribution in [0.5, 0.6) is 11.5 Å². The Bertz CT molecular complexity index is 1550. The molecule has 7 heteroatoms. The third kappa shape index (κ3) is 7.40. The average molecular weight is 638 g/mol. The molecule has 7 nitrogen and oxygen atoms in total. The Labute approximate surface area is 279 Å². The van der Waals surface area contributed by atoms with Crippen molar-refractivity contribution in [1.29, 1.82) is 0 Å². The second kappa shape index (κ2) is 15.0. The van der Waals surface area contributed by atoms with E-state index in [9.17, 15) is 15.3 Å². The van der Waals surface area contributed by atoms with Crippen molar-refractivity contribution in [3.8, 4) is 23.3 Å². The first-order chi connectivity index (χ1) is 22.9. The predicted octanol–water partition coefficient (Wildman–Crippen LogP) is 7.36. The molecule has 7 atom stereocenters. The van der Waals surface area contributed by atoms with Gasteiger partial charge in [-0.05, 0) is 98.4 Å². The van der Waals surface area contributed by atoms with Crippen LogP contribution in [0, 0.1) is 29.6 Å². The number of allylic oxidation sites excluding steroid dienone is 2. The van der Waals surface area contributed by atoms with Crippen LogP contribution in [0.15, 0.2) is 67.0 Å². The van der Waals surface area contributed by atoms with Crippen LogP contribution in [0.2, 0.25) is 0 Å². The number of aliphatic hydroxyl groups is 2. The number of aliphatic hydroxyl groups excluding tert-OH is 2. The summed E-state index contributed by atoms with van der Waals surface area (Å²) in [6.45, 7) is 2.60. The summed E-state index contributed by atoms with van der Waals surface area (Å²) in [6.07, 6.45) is 17.2. The molecule has 0 radical (unpaired) electrons. The zero-order valence-corrected chi connectivity index (χ0v) is 27.7. The second-order valence-corrected chi connectivity index (χ2v) is 14.0. The topological polar surface area (TPSA) is 125 Å². The summed E-state index contributed by atoms with van der Waals surface area (Å²) in [4.78, 5) is 7.77. The van der Waals surface area contributed by atoms with Gasteiger partial charge in [0.15, 0.2) is 11.5 Å². The van der Waals surface area contributed by atoms with Crippen LogP contribution < -0.4 is 10.5 Å². The molecule has 1 aromatic carbocycles. The van der Waals surface area contributed by atoms with Gasteiger partial charge in [0.25, 0.3) is 0 Å². The number of hydrogen-bond acceptors (Lipinski definition) is 6. The number of aromatic hydroxyl groups is 1. The van der Waals surface area contributed by atoms with Crippen LogP contribution in [-0.2, 0) is 5.41 Å². The lowest BCUT2D eigenvalue weighted by molar-refractivity contribution is -0.00705. The molecule has 3 aliphatic rings. The number of nitrogens with one attached hydrogen (secondary N) is 1. The molecule has 6 N–H and O–H groups in total. The van der Waals surface area contributed by atoms with Crippen molar-refractivity contribution in [2.24, 2.45) is 17.8 Å². The summed E-state index contributed by atoms with van der Waals surface area (Å²) >= 11 is 0. The highest BCUT2D eigenvalue weighted by atomic mass is 16.5. The lowest BCUT2D eigenvalue weighted by Gasteiger charge is -2.38. The number of rotatable bonds is 9. The van der Waals surface area contributed by atoms with Crippen LogP contribution >= 0.6 is 0 Å². The SMILES string of the molecule is CCC1C#CC2C=CC(c3ccc(O)c(OCCC(c4ccnc(N)c4)C4(c5ccc[nH]5)CCCC4)c3)CC(O)C2C(O)CCCC1. The number of phenols is 1. The highest BCUT2D eigenvalue weighted by Gasteiger charge is 2.44. The highest BCUT2D eigenvalue weighted by Crippen LogP contribution is 2.52. The Hall–Kier alpha value is -3.73. The minimum absolute atomic E-state index is 0.0526. The van der Waals surface area contributed by atoms with Gasteiger partial charge < -0.3 is 30.8 Å². The Morgan fingerprint density at radius 1 is 1.02 bits per heavy atom. The monoisotopic (exact) mass is 637 g/mol. The number of hydrogen-bond donors (Lipinski definition) is 5. The second-order valence-electron chi connectivity index (χ2n) is 14.0. The summed E-state index contributed by atoms with van der Waals surface area (Å²) in [5.74, 6) is 7.85. The van der Waals surface area contributed by atoms with Crippen molar-refractivity contribution in [3.05, 3.63) is 83.8 Å². The molecule has 3 aliphatic carbocycles. The highest BCUT2D eigenvalue weighted by molar-refractivity contribution is 5.44. The first-order valence-corrected chi connectivity index (χ1v) is 17.7. The van der Waals surface area contributed by atoms with Crippen molar-refractivity contribution in [3.63, 3.8) is 0 Å². The molecule has 7 unspecified atom stereocenters. The summed E-state index contributed by atoms with van der Waals surface area (Å²) in [5.41, 5.74) is 9.48. The standard InChI is InChI=1S/C40H51N3O4/c1-2-27-8-3-4-9-34(45)39-28(12-11-27)13-14-29(24-35(39)46)30-15-16-33(44)36(25-30)47-23-18-32(31-17-22-43-38(41)26-31)40(19-5-6-20-40)37-10-7-21-42-37/h7,10,13-17,21-22,25-29,32,34-35,39,42,44-46H,2-6,8-9,18-20,23-24H2,1H3,(H2,41,43). The Morgan fingerprint density at radius 2 is 1.85 bits per heavy atom.